The minimum absolute atomic E-state index is 1.23. The van der Waals surface area contributed by atoms with Crippen molar-refractivity contribution in [1.29, 1.82) is 0 Å². The molecule has 0 atom stereocenters. The van der Waals surface area contributed by atoms with E-state index >= 15 is 0 Å². The summed E-state index contributed by atoms with van der Waals surface area (Å²) < 4.78 is 2.87. The van der Waals surface area contributed by atoms with Gasteiger partial charge in [-0.15, -0.1) is 45.3 Å². The van der Waals surface area contributed by atoms with Crippen molar-refractivity contribution < 1.29 is 0 Å². The third kappa shape index (κ3) is 10.8. The van der Waals surface area contributed by atoms with Crippen molar-refractivity contribution in [2.24, 2.45) is 0 Å². The maximum absolute atomic E-state index is 2.47. The van der Waals surface area contributed by atoms with Crippen LogP contribution in [0.15, 0.2) is 47.2 Å². The number of rotatable bonds is 24. The summed E-state index contributed by atoms with van der Waals surface area (Å²) in [5.41, 5.74) is 3.13. The Hall–Kier alpha value is -1.46. The van der Waals surface area contributed by atoms with Crippen LogP contribution in [0.4, 0.5) is 0 Å². The second-order valence-electron chi connectivity index (χ2n) is 13.6. The molecule has 0 nitrogen and oxygen atoms in total. The Morgan fingerprint density at radius 2 is 0.783 bits per heavy atom. The lowest BCUT2D eigenvalue weighted by Gasteiger charge is -2.04. The van der Waals surface area contributed by atoms with Gasteiger partial charge in [0.2, 0.25) is 0 Å². The van der Waals surface area contributed by atoms with E-state index in [4.69, 9.17) is 0 Å². The largest absolute Gasteiger partial charge is 0.143 e. The van der Waals surface area contributed by atoms with Crippen LogP contribution >= 0.6 is 45.3 Å². The quantitative estimate of drug-likeness (QED) is 0.0565. The van der Waals surface area contributed by atoms with Crippen LogP contribution in [0.25, 0.3) is 39.7 Å². The van der Waals surface area contributed by atoms with Crippen LogP contribution in [0, 0.1) is 0 Å². The first-order valence-corrected chi connectivity index (χ1v) is 22.3. The fraction of sp³-hybridized carbons (Fsp3) is 0.571. The average Bonchev–Trinajstić information content (AvgIpc) is 3.87. The van der Waals surface area contributed by atoms with E-state index in [0.717, 1.165) is 0 Å². The smallest absolute Gasteiger partial charge is 0.0474 e. The van der Waals surface area contributed by atoms with Gasteiger partial charge in [-0.2, -0.15) is 0 Å². The number of hydrogen-bond donors (Lipinski definition) is 0. The summed E-state index contributed by atoms with van der Waals surface area (Å²) in [6.45, 7) is 4.61. The minimum atomic E-state index is 1.23. The van der Waals surface area contributed by atoms with E-state index in [-0.39, 0.29) is 0 Å². The lowest BCUT2D eigenvalue weighted by atomic mass is 10.0. The highest BCUT2D eigenvalue weighted by Gasteiger charge is 2.15. The van der Waals surface area contributed by atoms with Crippen molar-refractivity contribution in [3.63, 3.8) is 0 Å². The predicted molar refractivity (Wildman–Crippen MR) is 215 cm³/mol. The highest BCUT2D eigenvalue weighted by molar-refractivity contribution is 7.27. The molecule has 0 aliphatic heterocycles. The van der Waals surface area contributed by atoms with Gasteiger partial charge >= 0.3 is 0 Å². The molecular formula is C42H58S4. The average molecular weight is 691 g/mol. The molecular weight excluding hydrogens is 633 g/mol. The Bertz CT molecular complexity index is 1380. The number of fused-ring (bicyclic) bond motifs is 2. The fourth-order valence-electron chi connectivity index (χ4n) is 6.90. The van der Waals surface area contributed by atoms with Gasteiger partial charge in [0.25, 0.3) is 0 Å². The van der Waals surface area contributed by atoms with E-state index in [2.05, 4.69) is 61.0 Å². The molecule has 46 heavy (non-hydrogen) atoms. The molecule has 0 aliphatic carbocycles. The maximum Gasteiger partial charge on any atom is 0.0474 e. The highest BCUT2D eigenvalue weighted by atomic mass is 32.1. The fourth-order valence-corrected chi connectivity index (χ4v) is 11.4. The van der Waals surface area contributed by atoms with Gasteiger partial charge in [0.1, 0.15) is 0 Å². The molecule has 0 amide bonds. The maximum atomic E-state index is 2.47. The van der Waals surface area contributed by atoms with E-state index in [9.17, 15) is 0 Å². The van der Waals surface area contributed by atoms with Crippen LogP contribution in [0.3, 0.4) is 0 Å². The van der Waals surface area contributed by atoms with Crippen LogP contribution in [0.2, 0.25) is 0 Å². The summed E-state index contributed by atoms with van der Waals surface area (Å²) in [6.07, 6.45) is 30.5. The molecule has 0 N–H and O–H groups in total. The molecule has 5 rings (SSSR count). The first-order valence-electron chi connectivity index (χ1n) is 18.9. The molecule has 0 radical (unpaired) electrons. The summed E-state index contributed by atoms with van der Waals surface area (Å²) in [6, 6.07) is 14.6. The zero-order valence-corrected chi connectivity index (χ0v) is 32.1. The van der Waals surface area contributed by atoms with Crippen molar-refractivity contribution in [2.45, 2.75) is 155 Å². The van der Waals surface area contributed by atoms with Crippen molar-refractivity contribution in [2.75, 3.05) is 0 Å². The Morgan fingerprint density at radius 1 is 0.413 bits per heavy atom. The Morgan fingerprint density at radius 3 is 1.17 bits per heavy atom. The van der Waals surface area contributed by atoms with E-state index in [1.54, 1.807) is 11.1 Å². The van der Waals surface area contributed by atoms with Gasteiger partial charge in [0.05, 0.1) is 0 Å². The number of aryl methyl sites for hydroxylation is 2. The number of benzene rings is 1. The molecule has 0 fully saturated rings. The van der Waals surface area contributed by atoms with E-state index in [1.165, 1.54) is 181 Å². The van der Waals surface area contributed by atoms with Gasteiger partial charge in [-0.3, -0.25) is 0 Å². The summed E-state index contributed by atoms with van der Waals surface area (Å²) in [5, 5.41) is 7.44. The summed E-state index contributed by atoms with van der Waals surface area (Å²) in [4.78, 5) is 5.94. The highest BCUT2D eigenvalue weighted by Crippen LogP contribution is 2.44. The summed E-state index contributed by atoms with van der Waals surface area (Å²) >= 11 is 7.87. The summed E-state index contributed by atoms with van der Waals surface area (Å²) in [5.74, 6) is 0. The Kier molecular flexibility index (Phi) is 15.7. The zero-order valence-electron chi connectivity index (χ0n) is 28.8. The van der Waals surface area contributed by atoms with Gasteiger partial charge in [-0.25, -0.2) is 0 Å². The SMILES string of the molecule is CCCCCCCCCCCCc1ccsc1-c1cc2cc3cc(-c4sccc4CCCCCCCCCCCC)sc3cc2s1. The molecule has 1 aromatic carbocycles. The zero-order chi connectivity index (χ0) is 31.8. The van der Waals surface area contributed by atoms with E-state index in [1.807, 2.05) is 45.3 Å². The number of hydrogen-bond acceptors (Lipinski definition) is 4. The Labute approximate surface area is 296 Å². The molecule has 250 valence electrons. The normalized spacial score (nSPS) is 11.9. The second-order valence-corrected chi connectivity index (χ2v) is 17.6. The van der Waals surface area contributed by atoms with Gasteiger partial charge in [0, 0.05) is 28.9 Å². The van der Waals surface area contributed by atoms with Crippen molar-refractivity contribution in [3.05, 3.63) is 58.3 Å². The Balaban J connectivity index is 1.10. The molecule has 0 aliphatic rings. The topological polar surface area (TPSA) is 0 Å². The van der Waals surface area contributed by atoms with Crippen LogP contribution in [0.1, 0.15) is 153 Å². The number of thiophene rings is 4. The van der Waals surface area contributed by atoms with Gasteiger partial charge < -0.3 is 0 Å². The predicted octanol–water partition coefficient (Wildman–Crippen LogP) is 16.5. The van der Waals surface area contributed by atoms with Crippen LogP contribution in [0.5, 0.6) is 0 Å². The molecule has 0 spiro atoms. The van der Waals surface area contributed by atoms with Crippen LogP contribution in [-0.2, 0) is 12.8 Å². The molecule has 0 saturated carbocycles. The van der Waals surface area contributed by atoms with Crippen LogP contribution in [-0.4, -0.2) is 0 Å². The lowest BCUT2D eigenvalue weighted by molar-refractivity contribution is 0.556. The molecule has 4 heterocycles. The molecule has 0 bridgehead atoms. The van der Waals surface area contributed by atoms with Crippen molar-refractivity contribution >= 4 is 65.5 Å². The lowest BCUT2D eigenvalue weighted by Crippen LogP contribution is -1.86. The number of unbranched alkanes of at least 4 members (excludes halogenated alkanes) is 18. The standard InChI is InChI=1S/C42H58S4/c1-3-5-7-9-11-13-15-17-19-21-23-33-25-27-43-41(33)39-30-35-29-36-31-40(46-38(36)32-37(35)45-39)42-34(26-28-44-42)24-22-20-18-16-14-12-10-8-6-4-2/h25-32H,3-24H2,1-2H3. The van der Waals surface area contributed by atoms with E-state index in [0.29, 0.717) is 0 Å². The molecule has 4 aromatic heterocycles. The van der Waals surface area contributed by atoms with E-state index < -0.39 is 0 Å². The third-order valence-corrected chi connectivity index (χ3v) is 14.2. The van der Waals surface area contributed by atoms with Crippen molar-refractivity contribution in [3.8, 4) is 19.5 Å². The monoisotopic (exact) mass is 690 g/mol. The molecule has 0 unspecified atom stereocenters. The minimum Gasteiger partial charge on any atom is -0.143 e. The first kappa shape index (κ1) is 35.8. The molecule has 0 saturated heterocycles. The summed E-state index contributed by atoms with van der Waals surface area (Å²) in [7, 11) is 0. The first-order chi connectivity index (χ1) is 22.8. The van der Waals surface area contributed by atoms with Crippen LogP contribution < -0.4 is 0 Å². The van der Waals surface area contributed by atoms with Gasteiger partial charge in [-0.05, 0) is 94.7 Å². The van der Waals surface area contributed by atoms with Crippen molar-refractivity contribution in [1.82, 2.24) is 0 Å². The van der Waals surface area contributed by atoms with Gasteiger partial charge in [-0.1, -0.05) is 129 Å². The molecule has 4 heteroatoms. The van der Waals surface area contributed by atoms with Gasteiger partial charge in [0.15, 0.2) is 0 Å². The third-order valence-electron chi connectivity index (χ3n) is 9.70. The second kappa shape index (κ2) is 20.1. The molecule has 5 aromatic rings.